The van der Waals surface area contributed by atoms with Crippen LogP contribution in [0, 0.1) is 5.82 Å². The van der Waals surface area contributed by atoms with Crippen molar-refractivity contribution in [3.63, 3.8) is 0 Å². The van der Waals surface area contributed by atoms with Crippen molar-refractivity contribution in [3.8, 4) is 0 Å². The quantitative estimate of drug-likeness (QED) is 0.873. The molecule has 1 aromatic carbocycles. The fraction of sp³-hybridized carbons (Fsp3) is 0.214. The lowest BCUT2D eigenvalue weighted by molar-refractivity contribution is 0.545. The number of pyridine rings is 1. The Morgan fingerprint density at radius 2 is 1.94 bits per heavy atom. The average molecular weight is 230 g/mol. The third-order valence-electron chi connectivity index (χ3n) is 2.78. The van der Waals surface area contributed by atoms with Crippen LogP contribution in [0.5, 0.6) is 0 Å². The molecule has 0 saturated carbocycles. The number of hydrogen-bond acceptors (Lipinski definition) is 2. The van der Waals surface area contributed by atoms with Crippen molar-refractivity contribution in [1.82, 2.24) is 10.3 Å². The van der Waals surface area contributed by atoms with Crippen LogP contribution >= 0.6 is 0 Å². The van der Waals surface area contributed by atoms with Crippen molar-refractivity contribution in [2.24, 2.45) is 0 Å². The monoisotopic (exact) mass is 230 g/mol. The Kier molecular flexibility index (Phi) is 3.83. The van der Waals surface area contributed by atoms with E-state index in [0.717, 1.165) is 5.69 Å². The lowest BCUT2D eigenvalue weighted by Gasteiger charge is -2.15. The van der Waals surface area contributed by atoms with E-state index in [1.807, 2.05) is 37.4 Å². The normalized spacial score (nSPS) is 12.4. The molecule has 0 saturated heterocycles. The molecule has 0 radical (unpaired) electrons. The number of nitrogens with zero attached hydrogens (tertiary/aromatic N) is 1. The lowest BCUT2D eigenvalue weighted by atomic mass is 10.0. The van der Waals surface area contributed by atoms with Crippen LogP contribution < -0.4 is 5.32 Å². The van der Waals surface area contributed by atoms with E-state index in [2.05, 4.69) is 10.3 Å². The number of likely N-dealkylation sites (N-methyl/N-ethyl adjacent to an activating group) is 1. The first-order chi connectivity index (χ1) is 8.31. The predicted molar refractivity (Wildman–Crippen MR) is 66.1 cm³/mol. The van der Waals surface area contributed by atoms with Gasteiger partial charge in [-0.1, -0.05) is 24.3 Å². The van der Waals surface area contributed by atoms with Gasteiger partial charge in [-0.15, -0.1) is 0 Å². The molecule has 3 heteroatoms. The van der Waals surface area contributed by atoms with Gasteiger partial charge in [0.05, 0.1) is 11.7 Å². The van der Waals surface area contributed by atoms with E-state index < -0.39 is 0 Å². The van der Waals surface area contributed by atoms with E-state index >= 15 is 0 Å². The first kappa shape index (κ1) is 11.7. The maximum absolute atomic E-state index is 13.6. The minimum Gasteiger partial charge on any atom is -0.311 e. The summed E-state index contributed by atoms with van der Waals surface area (Å²) in [6.45, 7) is 0. The van der Waals surface area contributed by atoms with Crippen molar-refractivity contribution in [2.75, 3.05) is 7.05 Å². The van der Waals surface area contributed by atoms with Crippen molar-refractivity contribution in [3.05, 3.63) is 65.7 Å². The van der Waals surface area contributed by atoms with Gasteiger partial charge >= 0.3 is 0 Å². The van der Waals surface area contributed by atoms with Crippen LogP contribution in [0.25, 0.3) is 0 Å². The molecule has 1 heterocycles. The minimum atomic E-state index is -0.163. The first-order valence-electron chi connectivity index (χ1n) is 5.63. The zero-order valence-electron chi connectivity index (χ0n) is 9.73. The van der Waals surface area contributed by atoms with Crippen molar-refractivity contribution in [1.29, 1.82) is 0 Å². The molecule has 0 amide bonds. The summed E-state index contributed by atoms with van der Waals surface area (Å²) in [6.07, 6.45) is 2.35. The maximum Gasteiger partial charge on any atom is 0.126 e. The van der Waals surface area contributed by atoms with Gasteiger partial charge in [0, 0.05) is 6.20 Å². The second kappa shape index (κ2) is 5.55. The second-order valence-corrected chi connectivity index (χ2v) is 3.89. The molecule has 0 fully saturated rings. The molecule has 2 nitrogen and oxygen atoms in total. The van der Waals surface area contributed by atoms with Crippen molar-refractivity contribution >= 4 is 0 Å². The van der Waals surface area contributed by atoms with Gasteiger partial charge in [-0.3, -0.25) is 4.98 Å². The molecule has 88 valence electrons. The molecular formula is C14H15FN2. The number of halogens is 1. The zero-order valence-corrected chi connectivity index (χ0v) is 9.73. The number of benzene rings is 1. The van der Waals surface area contributed by atoms with Crippen LogP contribution in [-0.4, -0.2) is 12.0 Å². The Morgan fingerprint density at radius 3 is 2.59 bits per heavy atom. The number of aromatic nitrogens is 1. The average Bonchev–Trinajstić information content (AvgIpc) is 2.39. The van der Waals surface area contributed by atoms with Crippen molar-refractivity contribution in [2.45, 2.75) is 12.5 Å². The summed E-state index contributed by atoms with van der Waals surface area (Å²) >= 11 is 0. The fourth-order valence-corrected chi connectivity index (χ4v) is 1.82. The van der Waals surface area contributed by atoms with Gasteiger partial charge in [0.15, 0.2) is 0 Å². The summed E-state index contributed by atoms with van der Waals surface area (Å²) in [7, 11) is 1.86. The largest absolute Gasteiger partial charge is 0.311 e. The Hall–Kier alpha value is -1.74. The molecule has 0 aliphatic rings. The van der Waals surface area contributed by atoms with E-state index in [9.17, 15) is 4.39 Å². The lowest BCUT2D eigenvalue weighted by Crippen LogP contribution is -2.20. The molecule has 0 bridgehead atoms. The molecular weight excluding hydrogens is 215 g/mol. The summed E-state index contributed by atoms with van der Waals surface area (Å²) < 4.78 is 13.6. The summed E-state index contributed by atoms with van der Waals surface area (Å²) in [5.74, 6) is -0.163. The minimum absolute atomic E-state index is 0.0353. The molecule has 17 heavy (non-hydrogen) atoms. The van der Waals surface area contributed by atoms with Gasteiger partial charge in [-0.25, -0.2) is 4.39 Å². The van der Waals surface area contributed by atoms with Crippen LogP contribution in [0.4, 0.5) is 4.39 Å². The Balaban J connectivity index is 2.19. The number of hydrogen-bond donors (Lipinski definition) is 1. The Morgan fingerprint density at radius 1 is 1.18 bits per heavy atom. The van der Waals surface area contributed by atoms with E-state index in [-0.39, 0.29) is 11.9 Å². The maximum atomic E-state index is 13.6. The molecule has 0 aliphatic carbocycles. The molecule has 0 spiro atoms. The van der Waals surface area contributed by atoms with Gasteiger partial charge in [0.1, 0.15) is 5.82 Å². The van der Waals surface area contributed by atoms with E-state index in [1.165, 1.54) is 6.07 Å². The van der Waals surface area contributed by atoms with Gasteiger partial charge < -0.3 is 5.32 Å². The van der Waals surface area contributed by atoms with Crippen LogP contribution in [-0.2, 0) is 6.42 Å². The highest BCUT2D eigenvalue weighted by Gasteiger charge is 2.12. The zero-order chi connectivity index (χ0) is 12.1. The molecule has 1 unspecified atom stereocenters. The van der Waals surface area contributed by atoms with Crippen LogP contribution in [0.2, 0.25) is 0 Å². The summed E-state index contributed by atoms with van der Waals surface area (Å²) in [6, 6.07) is 12.6. The highest BCUT2D eigenvalue weighted by molar-refractivity contribution is 5.21. The standard InChI is InChI=1S/C14H15FN2/c1-16-14(13-8-4-5-9-17-13)10-11-6-2-3-7-12(11)15/h2-9,14,16H,10H2,1H3. The van der Waals surface area contributed by atoms with Crippen LogP contribution in [0.15, 0.2) is 48.7 Å². The molecule has 2 rings (SSSR count). The van der Waals surface area contributed by atoms with E-state index in [0.29, 0.717) is 12.0 Å². The molecule has 2 aromatic rings. The summed E-state index contributed by atoms with van der Waals surface area (Å²) in [4.78, 5) is 4.29. The number of nitrogens with one attached hydrogen (secondary N) is 1. The third kappa shape index (κ3) is 2.88. The smallest absolute Gasteiger partial charge is 0.126 e. The Bertz CT molecular complexity index is 471. The van der Waals surface area contributed by atoms with E-state index in [4.69, 9.17) is 0 Å². The highest BCUT2D eigenvalue weighted by atomic mass is 19.1. The Labute approximate surface area is 101 Å². The highest BCUT2D eigenvalue weighted by Crippen LogP contribution is 2.17. The van der Waals surface area contributed by atoms with Gasteiger partial charge in [0.2, 0.25) is 0 Å². The summed E-state index contributed by atoms with van der Waals surface area (Å²) in [5.41, 5.74) is 1.63. The van der Waals surface area contributed by atoms with Gasteiger partial charge in [-0.05, 0) is 37.2 Å². The third-order valence-corrected chi connectivity index (χ3v) is 2.78. The topological polar surface area (TPSA) is 24.9 Å². The molecule has 0 aliphatic heterocycles. The second-order valence-electron chi connectivity index (χ2n) is 3.89. The summed E-state index contributed by atoms with van der Waals surface area (Å²) in [5, 5.41) is 3.16. The fourth-order valence-electron chi connectivity index (χ4n) is 1.82. The molecule has 1 N–H and O–H groups in total. The first-order valence-corrected chi connectivity index (χ1v) is 5.63. The SMILES string of the molecule is CNC(Cc1ccccc1F)c1ccccn1. The van der Waals surface area contributed by atoms with Crippen molar-refractivity contribution < 1.29 is 4.39 Å². The number of rotatable bonds is 4. The predicted octanol–water partition coefficient (Wildman–Crippen LogP) is 2.72. The molecule has 1 aromatic heterocycles. The van der Waals surface area contributed by atoms with Gasteiger partial charge in [0.25, 0.3) is 0 Å². The van der Waals surface area contributed by atoms with Gasteiger partial charge in [-0.2, -0.15) is 0 Å². The van der Waals surface area contributed by atoms with Crippen LogP contribution in [0.3, 0.4) is 0 Å². The molecule has 1 atom stereocenters. The van der Waals surface area contributed by atoms with E-state index in [1.54, 1.807) is 12.3 Å². The van der Waals surface area contributed by atoms with Crippen LogP contribution in [0.1, 0.15) is 17.3 Å².